The molecule has 0 bridgehead atoms. The van der Waals surface area contributed by atoms with Crippen molar-refractivity contribution in [2.45, 2.75) is 39.4 Å². The molecule has 1 heterocycles. The van der Waals surface area contributed by atoms with Crippen LogP contribution in [-0.4, -0.2) is 14.7 Å². The van der Waals surface area contributed by atoms with E-state index in [9.17, 15) is 4.21 Å². The van der Waals surface area contributed by atoms with Gasteiger partial charge < -0.3 is 0 Å². The van der Waals surface area contributed by atoms with Crippen LogP contribution in [0.5, 0.6) is 0 Å². The van der Waals surface area contributed by atoms with E-state index in [0.29, 0.717) is 0 Å². The van der Waals surface area contributed by atoms with Crippen LogP contribution in [0.1, 0.15) is 38.1 Å². The molecule has 0 saturated heterocycles. The molecule has 0 aliphatic rings. The van der Waals surface area contributed by atoms with Gasteiger partial charge in [-0.1, -0.05) is 0 Å². The van der Waals surface area contributed by atoms with Crippen LogP contribution >= 0.6 is 11.3 Å². The number of aryl methyl sites for hydroxylation is 1. The fraction of sp³-hybridized carbons (Fsp3) is 0.545. The van der Waals surface area contributed by atoms with Gasteiger partial charge in [0.1, 0.15) is 11.0 Å². The molecule has 0 spiro atoms. The van der Waals surface area contributed by atoms with E-state index in [1.807, 2.05) is 34.6 Å². The zero-order valence-electron chi connectivity index (χ0n) is 9.83. The molecule has 0 amide bonds. The highest BCUT2D eigenvalue weighted by Gasteiger charge is 2.19. The zero-order chi connectivity index (χ0) is 11.6. The van der Waals surface area contributed by atoms with Crippen molar-refractivity contribution in [1.29, 1.82) is 0 Å². The van der Waals surface area contributed by atoms with E-state index in [4.69, 9.17) is 0 Å². The van der Waals surface area contributed by atoms with Gasteiger partial charge in [-0.2, -0.15) is 4.40 Å². The maximum absolute atomic E-state index is 11.8. The predicted molar refractivity (Wildman–Crippen MR) is 69.2 cm³/mol. The lowest BCUT2D eigenvalue weighted by Gasteiger charge is -2.13. The van der Waals surface area contributed by atoms with Gasteiger partial charge in [-0.15, -0.1) is 11.3 Å². The van der Waals surface area contributed by atoms with Gasteiger partial charge in [-0.05, 0) is 51.6 Å². The maximum atomic E-state index is 11.8. The Bertz CT molecular complexity index is 399. The summed E-state index contributed by atoms with van der Waals surface area (Å²) in [6.45, 7) is 9.75. The monoisotopic (exact) mass is 243 g/mol. The standard InChI is InChI=1S/C11H17NOS2/c1-8-6-10(14-7-8)9(2)12-15(13)11(3,4)5/h6-7H,1-5H3/b12-9+. The lowest BCUT2D eigenvalue weighted by atomic mass is 10.3. The van der Waals surface area contributed by atoms with Gasteiger partial charge in [0.2, 0.25) is 0 Å². The van der Waals surface area contributed by atoms with Crippen LogP contribution in [-0.2, 0) is 11.0 Å². The Labute approximate surface area is 98.0 Å². The molecule has 1 unspecified atom stereocenters. The molecule has 84 valence electrons. The third-order valence-electron chi connectivity index (χ3n) is 1.83. The van der Waals surface area contributed by atoms with Gasteiger partial charge in [0.05, 0.1) is 10.5 Å². The van der Waals surface area contributed by atoms with Gasteiger partial charge >= 0.3 is 0 Å². The lowest BCUT2D eigenvalue weighted by Crippen LogP contribution is -2.20. The second-order valence-electron chi connectivity index (χ2n) is 4.53. The van der Waals surface area contributed by atoms with Crippen LogP contribution in [0, 0.1) is 6.92 Å². The second-order valence-corrected chi connectivity index (χ2v) is 7.34. The molecule has 1 aromatic rings. The minimum Gasteiger partial charge on any atom is -0.234 e. The SMILES string of the molecule is C/C(=N\S(=O)C(C)(C)C)c1cc(C)cs1. The first-order chi connectivity index (χ1) is 6.80. The molecular formula is C11H17NOS2. The van der Waals surface area contributed by atoms with Crippen molar-refractivity contribution in [3.8, 4) is 0 Å². The minimum atomic E-state index is -1.16. The molecule has 15 heavy (non-hydrogen) atoms. The molecule has 2 nitrogen and oxygen atoms in total. The zero-order valence-corrected chi connectivity index (χ0v) is 11.5. The van der Waals surface area contributed by atoms with Crippen molar-refractivity contribution in [3.63, 3.8) is 0 Å². The quantitative estimate of drug-likeness (QED) is 0.733. The Morgan fingerprint density at radius 2 is 2.07 bits per heavy atom. The van der Waals surface area contributed by atoms with E-state index < -0.39 is 11.0 Å². The van der Waals surface area contributed by atoms with Crippen LogP contribution in [0.3, 0.4) is 0 Å². The Morgan fingerprint density at radius 1 is 1.47 bits per heavy atom. The Morgan fingerprint density at radius 3 is 2.47 bits per heavy atom. The molecule has 1 atom stereocenters. The fourth-order valence-corrected chi connectivity index (χ4v) is 2.46. The van der Waals surface area contributed by atoms with Crippen LogP contribution in [0.25, 0.3) is 0 Å². The number of hydrogen-bond donors (Lipinski definition) is 0. The number of rotatable bonds is 2. The first kappa shape index (κ1) is 12.6. The molecule has 0 fully saturated rings. The minimum absolute atomic E-state index is 0.284. The summed E-state index contributed by atoms with van der Waals surface area (Å²) in [5.41, 5.74) is 2.09. The summed E-state index contributed by atoms with van der Waals surface area (Å²) in [4.78, 5) is 1.10. The van der Waals surface area contributed by atoms with Crippen LogP contribution in [0.2, 0.25) is 0 Å². The summed E-state index contributed by atoms with van der Waals surface area (Å²) >= 11 is 1.65. The molecule has 4 heteroatoms. The first-order valence-electron chi connectivity index (χ1n) is 4.83. The fourth-order valence-electron chi connectivity index (χ4n) is 0.927. The molecule has 0 radical (unpaired) electrons. The summed E-state index contributed by atoms with van der Waals surface area (Å²) in [5, 5.41) is 2.08. The van der Waals surface area contributed by atoms with Crippen LogP contribution < -0.4 is 0 Å². The molecular weight excluding hydrogens is 226 g/mol. The molecule has 1 rings (SSSR count). The highest BCUT2D eigenvalue weighted by atomic mass is 32.2. The van der Waals surface area contributed by atoms with Crippen LogP contribution in [0.15, 0.2) is 15.8 Å². The smallest absolute Gasteiger partial charge is 0.145 e. The van der Waals surface area contributed by atoms with Crippen molar-refractivity contribution >= 4 is 28.0 Å². The largest absolute Gasteiger partial charge is 0.234 e. The summed E-state index contributed by atoms with van der Waals surface area (Å²) in [6, 6.07) is 2.07. The Kier molecular flexibility index (Phi) is 3.84. The molecule has 0 aromatic carbocycles. The van der Waals surface area contributed by atoms with Crippen molar-refractivity contribution in [3.05, 3.63) is 21.9 Å². The second kappa shape index (κ2) is 4.58. The summed E-state index contributed by atoms with van der Waals surface area (Å²) < 4.78 is 15.7. The Hall–Kier alpha value is -0.480. The van der Waals surface area contributed by atoms with Gasteiger partial charge in [-0.3, -0.25) is 0 Å². The van der Waals surface area contributed by atoms with Crippen molar-refractivity contribution in [2.24, 2.45) is 4.40 Å². The number of thiophene rings is 1. The van der Waals surface area contributed by atoms with Gasteiger partial charge in [0.25, 0.3) is 0 Å². The van der Waals surface area contributed by atoms with E-state index in [0.717, 1.165) is 10.6 Å². The average molecular weight is 243 g/mol. The topological polar surface area (TPSA) is 29.4 Å². The number of nitrogens with zero attached hydrogens (tertiary/aromatic N) is 1. The molecule has 0 saturated carbocycles. The normalized spacial score (nSPS) is 15.4. The Balaban J connectivity index is 2.90. The lowest BCUT2D eigenvalue weighted by molar-refractivity contribution is 0.650. The van der Waals surface area contributed by atoms with Crippen molar-refractivity contribution in [1.82, 2.24) is 0 Å². The van der Waals surface area contributed by atoms with E-state index in [-0.39, 0.29) is 4.75 Å². The van der Waals surface area contributed by atoms with Crippen molar-refractivity contribution < 1.29 is 4.21 Å². The third-order valence-corrected chi connectivity index (χ3v) is 4.48. The van der Waals surface area contributed by atoms with Crippen molar-refractivity contribution in [2.75, 3.05) is 0 Å². The van der Waals surface area contributed by atoms with E-state index in [2.05, 4.69) is 15.8 Å². The predicted octanol–water partition coefficient (Wildman–Crippen LogP) is 3.33. The average Bonchev–Trinajstić information content (AvgIpc) is 2.50. The number of hydrogen-bond acceptors (Lipinski definition) is 2. The summed E-state index contributed by atoms with van der Waals surface area (Å²) in [7, 11) is -1.16. The van der Waals surface area contributed by atoms with Gasteiger partial charge in [0.15, 0.2) is 0 Å². The van der Waals surface area contributed by atoms with E-state index in [1.165, 1.54) is 5.56 Å². The molecule has 0 N–H and O–H groups in total. The summed E-state index contributed by atoms with van der Waals surface area (Å²) in [6.07, 6.45) is 0. The third kappa shape index (κ3) is 3.54. The molecule has 1 aromatic heterocycles. The highest BCUT2D eigenvalue weighted by molar-refractivity contribution is 7.85. The van der Waals surface area contributed by atoms with E-state index >= 15 is 0 Å². The molecule has 0 aliphatic heterocycles. The van der Waals surface area contributed by atoms with E-state index in [1.54, 1.807) is 11.3 Å². The highest BCUT2D eigenvalue weighted by Crippen LogP contribution is 2.18. The van der Waals surface area contributed by atoms with Gasteiger partial charge in [-0.25, -0.2) is 4.21 Å². The van der Waals surface area contributed by atoms with Crippen LogP contribution in [0.4, 0.5) is 0 Å². The molecule has 0 aliphatic carbocycles. The van der Waals surface area contributed by atoms with Gasteiger partial charge in [0, 0.05) is 4.88 Å². The first-order valence-corrected chi connectivity index (χ1v) is 6.82. The summed E-state index contributed by atoms with van der Waals surface area (Å²) in [5.74, 6) is 0. The maximum Gasteiger partial charge on any atom is 0.145 e.